The lowest BCUT2D eigenvalue weighted by molar-refractivity contribution is 0.0759. The van der Waals surface area contributed by atoms with E-state index in [9.17, 15) is 9.18 Å². The molecule has 1 aromatic heterocycles. The fourth-order valence-electron chi connectivity index (χ4n) is 0.913. The molecule has 1 rings (SSSR count). The van der Waals surface area contributed by atoms with Gasteiger partial charge in [0.1, 0.15) is 6.26 Å². The second-order valence-corrected chi connectivity index (χ2v) is 3.27. The van der Waals surface area contributed by atoms with E-state index in [1.54, 1.807) is 6.92 Å². The SMILES string of the molecule is Cc1cocc1C(=O)C(C)(C)F. The van der Waals surface area contributed by atoms with Gasteiger partial charge in [-0.1, -0.05) is 0 Å². The van der Waals surface area contributed by atoms with Gasteiger partial charge in [0, 0.05) is 0 Å². The Morgan fingerprint density at radius 1 is 1.50 bits per heavy atom. The van der Waals surface area contributed by atoms with Gasteiger partial charge in [0.25, 0.3) is 0 Å². The molecule has 0 amide bonds. The molecule has 1 aromatic rings. The first-order chi connectivity index (χ1) is 5.43. The van der Waals surface area contributed by atoms with Gasteiger partial charge < -0.3 is 4.42 Å². The van der Waals surface area contributed by atoms with Crippen LogP contribution in [0.3, 0.4) is 0 Å². The van der Waals surface area contributed by atoms with Crippen LogP contribution in [-0.4, -0.2) is 11.5 Å². The first-order valence-electron chi connectivity index (χ1n) is 3.69. The number of hydrogen-bond acceptors (Lipinski definition) is 2. The topological polar surface area (TPSA) is 30.2 Å². The van der Waals surface area contributed by atoms with Crippen LogP contribution in [0, 0.1) is 6.92 Å². The molecule has 66 valence electrons. The maximum absolute atomic E-state index is 13.1. The molecule has 2 nitrogen and oxygen atoms in total. The Kier molecular flexibility index (Phi) is 2.04. The van der Waals surface area contributed by atoms with Crippen LogP contribution in [-0.2, 0) is 0 Å². The lowest BCUT2D eigenvalue weighted by atomic mass is 9.98. The molecule has 0 unspecified atom stereocenters. The number of carbonyl (C=O) groups is 1. The largest absolute Gasteiger partial charge is 0.472 e. The average Bonchev–Trinajstić information content (AvgIpc) is 2.31. The molecule has 0 aromatic carbocycles. The third kappa shape index (κ3) is 1.55. The minimum Gasteiger partial charge on any atom is -0.472 e. The second kappa shape index (κ2) is 2.73. The number of aryl methyl sites for hydroxylation is 1. The minimum atomic E-state index is -1.82. The average molecular weight is 170 g/mol. The molecule has 3 heteroatoms. The zero-order valence-corrected chi connectivity index (χ0v) is 7.35. The Morgan fingerprint density at radius 2 is 2.08 bits per heavy atom. The molecule has 0 spiro atoms. The second-order valence-electron chi connectivity index (χ2n) is 3.27. The molecule has 0 aliphatic carbocycles. The first-order valence-corrected chi connectivity index (χ1v) is 3.69. The van der Waals surface area contributed by atoms with Crippen LogP contribution in [0.15, 0.2) is 16.9 Å². The van der Waals surface area contributed by atoms with Crippen molar-refractivity contribution in [1.29, 1.82) is 0 Å². The van der Waals surface area contributed by atoms with Gasteiger partial charge in [-0.15, -0.1) is 0 Å². The highest BCUT2D eigenvalue weighted by molar-refractivity contribution is 6.02. The van der Waals surface area contributed by atoms with E-state index in [4.69, 9.17) is 4.42 Å². The number of furan rings is 1. The van der Waals surface area contributed by atoms with Gasteiger partial charge in [0.05, 0.1) is 11.8 Å². The summed E-state index contributed by atoms with van der Waals surface area (Å²) in [6.45, 7) is 4.19. The van der Waals surface area contributed by atoms with Crippen molar-refractivity contribution >= 4 is 5.78 Å². The van der Waals surface area contributed by atoms with E-state index in [0.29, 0.717) is 11.1 Å². The van der Waals surface area contributed by atoms with Crippen molar-refractivity contribution in [2.45, 2.75) is 26.4 Å². The van der Waals surface area contributed by atoms with Crippen molar-refractivity contribution in [2.75, 3.05) is 0 Å². The summed E-state index contributed by atoms with van der Waals surface area (Å²) in [5.74, 6) is -0.534. The lowest BCUT2D eigenvalue weighted by Crippen LogP contribution is -2.26. The molecule has 0 N–H and O–H groups in total. The maximum atomic E-state index is 13.1. The highest BCUT2D eigenvalue weighted by Crippen LogP contribution is 2.19. The fraction of sp³-hybridized carbons (Fsp3) is 0.444. The van der Waals surface area contributed by atoms with E-state index in [2.05, 4.69) is 0 Å². The summed E-state index contributed by atoms with van der Waals surface area (Å²) in [5.41, 5.74) is -0.831. The first kappa shape index (κ1) is 8.97. The van der Waals surface area contributed by atoms with Crippen LogP contribution in [0.1, 0.15) is 29.8 Å². The summed E-state index contributed by atoms with van der Waals surface area (Å²) in [7, 11) is 0. The minimum absolute atomic E-state index is 0.322. The molecule has 0 fully saturated rings. The van der Waals surface area contributed by atoms with Gasteiger partial charge in [-0.05, 0) is 26.3 Å². The van der Waals surface area contributed by atoms with Crippen molar-refractivity contribution in [1.82, 2.24) is 0 Å². The predicted molar refractivity (Wildman–Crippen MR) is 43.0 cm³/mol. The van der Waals surface area contributed by atoms with Crippen molar-refractivity contribution in [2.24, 2.45) is 0 Å². The quantitative estimate of drug-likeness (QED) is 0.638. The molecule has 0 radical (unpaired) electrons. The van der Waals surface area contributed by atoms with Crippen LogP contribution in [0.25, 0.3) is 0 Å². The summed E-state index contributed by atoms with van der Waals surface area (Å²) in [6.07, 6.45) is 2.71. The fourth-order valence-corrected chi connectivity index (χ4v) is 0.913. The molecule has 0 aliphatic heterocycles. The van der Waals surface area contributed by atoms with Crippen LogP contribution in [0.2, 0.25) is 0 Å². The summed E-state index contributed by atoms with van der Waals surface area (Å²) in [6, 6.07) is 0. The van der Waals surface area contributed by atoms with Gasteiger partial charge in [0.15, 0.2) is 5.67 Å². The summed E-state index contributed by atoms with van der Waals surface area (Å²) in [5, 5.41) is 0. The van der Waals surface area contributed by atoms with Crippen molar-refractivity contribution in [3.8, 4) is 0 Å². The Labute approximate surface area is 70.4 Å². The van der Waals surface area contributed by atoms with Gasteiger partial charge in [-0.3, -0.25) is 4.79 Å². The van der Waals surface area contributed by atoms with E-state index >= 15 is 0 Å². The van der Waals surface area contributed by atoms with Crippen LogP contribution >= 0.6 is 0 Å². The monoisotopic (exact) mass is 170 g/mol. The number of halogens is 1. The van der Waals surface area contributed by atoms with Crippen molar-refractivity contribution in [3.05, 3.63) is 23.7 Å². The van der Waals surface area contributed by atoms with Crippen molar-refractivity contribution in [3.63, 3.8) is 0 Å². The molecular weight excluding hydrogens is 159 g/mol. The van der Waals surface area contributed by atoms with E-state index in [1.807, 2.05) is 0 Å². The number of hydrogen-bond donors (Lipinski definition) is 0. The van der Waals surface area contributed by atoms with E-state index in [0.717, 1.165) is 0 Å². The normalized spacial score (nSPS) is 11.7. The Hall–Kier alpha value is -1.12. The Bertz CT molecular complexity index is 294. The van der Waals surface area contributed by atoms with Gasteiger partial charge in [-0.25, -0.2) is 4.39 Å². The Morgan fingerprint density at radius 3 is 2.42 bits per heavy atom. The molecule has 0 saturated carbocycles. The lowest BCUT2D eigenvalue weighted by Gasteiger charge is -2.10. The summed E-state index contributed by atoms with van der Waals surface area (Å²) < 4.78 is 17.9. The van der Waals surface area contributed by atoms with Crippen LogP contribution in [0.5, 0.6) is 0 Å². The van der Waals surface area contributed by atoms with E-state index < -0.39 is 11.5 Å². The predicted octanol–water partition coefficient (Wildman–Crippen LogP) is 2.52. The van der Waals surface area contributed by atoms with Crippen molar-refractivity contribution < 1.29 is 13.6 Å². The van der Waals surface area contributed by atoms with Gasteiger partial charge >= 0.3 is 0 Å². The molecule has 0 atom stereocenters. The third-order valence-corrected chi connectivity index (χ3v) is 1.64. The van der Waals surface area contributed by atoms with Crippen LogP contribution < -0.4 is 0 Å². The maximum Gasteiger partial charge on any atom is 0.202 e. The van der Waals surface area contributed by atoms with Crippen LogP contribution in [0.4, 0.5) is 4.39 Å². The van der Waals surface area contributed by atoms with E-state index in [1.165, 1.54) is 26.4 Å². The third-order valence-electron chi connectivity index (χ3n) is 1.64. The number of Topliss-reactive ketones (excluding diaryl/α,β-unsaturated/α-hetero) is 1. The number of rotatable bonds is 2. The molecule has 12 heavy (non-hydrogen) atoms. The number of carbonyl (C=O) groups excluding carboxylic acids is 1. The van der Waals surface area contributed by atoms with E-state index in [-0.39, 0.29) is 0 Å². The summed E-state index contributed by atoms with van der Waals surface area (Å²) >= 11 is 0. The Balaban J connectivity index is 3.01. The molecular formula is C9H11FO2. The molecule has 0 saturated heterocycles. The molecule has 1 heterocycles. The van der Waals surface area contributed by atoms with Gasteiger partial charge in [-0.2, -0.15) is 0 Å². The zero-order chi connectivity index (χ0) is 9.35. The zero-order valence-electron chi connectivity index (χ0n) is 7.35. The number of alkyl halides is 1. The summed E-state index contributed by atoms with van der Waals surface area (Å²) in [4.78, 5) is 11.3. The molecule has 0 aliphatic rings. The highest BCUT2D eigenvalue weighted by Gasteiger charge is 2.29. The molecule has 0 bridgehead atoms. The smallest absolute Gasteiger partial charge is 0.202 e. The van der Waals surface area contributed by atoms with Gasteiger partial charge in [0.2, 0.25) is 5.78 Å². The highest BCUT2D eigenvalue weighted by atomic mass is 19.1. The standard InChI is InChI=1S/C9H11FO2/c1-6-4-12-5-7(6)8(11)9(2,3)10/h4-5H,1-3H3. The number of ketones is 1.